The minimum Gasteiger partial charge on any atom is -0.496 e. The zero-order chi connectivity index (χ0) is 19.3. The molecule has 4 fully saturated rings. The zero-order valence-electron chi connectivity index (χ0n) is 17.3. The van der Waals surface area contributed by atoms with Gasteiger partial charge in [-0.25, -0.2) is 0 Å². The van der Waals surface area contributed by atoms with Crippen molar-refractivity contribution in [1.29, 1.82) is 0 Å². The Morgan fingerprint density at radius 3 is 2.82 bits per heavy atom. The lowest BCUT2D eigenvalue weighted by Crippen LogP contribution is -2.42. The molecule has 2 bridgehead atoms. The Labute approximate surface area is 168 Å². The summed E-state index contributed by atoms with van der Waals surface area (Å²) in [6.45, 7) is 12.2. The summed E-state index contributed by atoms with van der Waals surface area (Å²) in [6, 6.07) is 6.73. The van der Waals surface area contributed by atoms with Gasteiger partial charge in [0.1, 0.15) is 5.75 Å². The van der Waals surface area contributed by atoms with Crippen LogP contribution >= 0.6 is 0 Å². The third-order valence-electron chi connectivity index (χ3n) is 8.21. The number of hydrogen-bond acceptors (Lipinski definition) is 4. The Balaban J connectivity index is 1.43. The second-order valence-electron chi connectivity index (χ2n) is 9.27. The second-order valence-corrected chi connectivity index (χ2v) is 9.27. The van der Waals surface area contributed by atoms with Crippen molar-refractivity contribution >= 4 is 0 Å². The SMILES string of the molecule is C=C1[C@@H]2C[C@@H]3[C@@H](c4ccc(OC)c(CN5CCOCC5)c4)OCC[C@@]3(C2)[C@@H]1C. The van der Waals surface area contributed by atoms with Crippen molar-refractivity contribution in [3.8, 4) is 5.75 Å². The van der Waals surface area contributed by atoms with Crippen LogP contribution in [0.25, 0.3) is 0 Å². The van der Waals surface area contributed by atoms with Crippen molar-refractivity contribution in [2.24, 2.45) is 23.2 Å². The van der Waals surface area contributed by atoms with Crippen LogP contribution in [0.5, 0.6) is 5.75 Å². The van der Waals surface area contributed by atoms with E-state index in [1.165, 1.54) is 36.0 Å². The van der Waals surface area contributed by atoms with E-state index in [0.717, 1.165) is 45.2 Å². The van der Waals surface area contributed by atoms with Gasteiger partial charge in [0.25, 0.3) is 0 Å². The molecule has 4 heteroatoms. The van der Waals surface area contributed by atoms with E-state index in [1.54, 1.807) is 7.11 Å². The van der Waals surface area contributed by atoms with E-state index in [-0.39, 0.29) is 6.10 Å². The number of allylic oxidation sites excluding steroid dienone is 1. The number of ether oxygens (including phenoxy) is 3. The summed E-state index contributed by atoms with van der Waals surface area (Å²) in [5.41, 5.74) is 4.51. The molecule has 1 aromatic carbocycles. The molecule has 2 aliphatic carbocycles. The van der Waals surface area contributed by atoms with Gasteiger partial charge in [0, 0.05) is 31.8 Å². The summed E-state index contributed by atoms with van der Waals surface area (Å²) in [5.74, 6) is 2.94. The standard InChI is InChI=1S/C24H33NO3/c1-16-17(2)24-6-9-28-23(21(24)13-19(16)14-24)18-4-5-22(26-3)20(12-18)15-25-7-10-27-11-8-25/h4-5,12,17,19,21,23H,1,6-11,13-15H2,2-3H3/t17-,19-,21-,23-,24-/m1/s1. The molecule has 28 heavy (non-hydrogen) atoms. The summed E-state index contributed by atoms with van der Waals surface area (Å²) in [7, 11) is 1.77. The van der Waals surface area contributed by atoms with Crippen molar-refractivity contribution in [2.75, 3.05) is 40.0 Å². The molecule has 0 aromatic heterocycles. The fourth-order valence-corrected chi connectivity index (χ4v) is 6.59. The van der Waals surface area contributed by atoms with Gasteiger partial charge in [-0.1, -0.05) is 25.1 Å². The third-order valence-corrected chi connectivity index (χ3v) is 8.21. The Morgan fingerprint density at radius 1 is 1.25 bits per heavy atom. The van der Waals surface area contributed by atoms with E-state index in [4.69, 9.17) is 14.2 Å². The zero-order valence-corrected chi connectivity index (χ0v) is 17.3. The quantitative estimate of drug-likeness (QED) is 0.729. The molecule has 2 saturated carbocycles. The molecule has 2 heterocycles. The van der Waals surface area contributed by atoms with Crippen LogP contribution in [0.4, 0.5) is 0 Å². The van der Waals surface area contributed by atoms with Crippen LogP contribution in [0.15, 0.2) is 30.4 Å². The number of methoxy groups -OCH3 is 1. The Hall–Kier alpha value is -1.36. The third kappa shape index (κ3) is 2.84. The van der Waals surface area contributed by atoms with Gasteiger partial charge in [0.2, 0.25) is 0 Å². The average Bonchev–Trinajstić information content (AvgIpc) is 3.23. The molecule has 152 valence electrons. The lowest BCUT2D eigenvalue weighted by Gasteiger charge is -2.48. The minimum atomic E-state index is 0.212. The molecule has 5 atom stereocenters. The van der Waals surface area contributed by atoms with Gasteiger partial charge in [0.05, 0.1) is 26.4 Å². The number of morpholine rings is 1. The lowest BCUT2D eigenvalue weighted by atomic mass is 9.62. The number of nitrogens with zero attached hydrogens (tertiary/aromatic N) is 1. The van der Waals surface area contributed by atoms with Crippen molar-refractivity contribution in [3.05, 3.63) is 41.5 Å². The monoisotopic (exact) mass is 383 g/mol. The number of benzene rings is 1. The predicted octanol–water partition coefficient (Wildman–Crippen LogP) is 4.21. The Bertz CT molecular complexity index is 756. The largest absolute Gasteiger partial charge is 0.496 e. The molecule has 0 amide bonds. The molecule has 0 N–H and O–H groups in total. The molecular weight excluding hydrogens is 350 g/mol. The first-order valence-electron chi connectivity index (χ1n) is 10.9. The molecule has 4 nitrogen and oxygen atoms in total. The minimum absolute atomic E-state index is 0.212. The summed E-state index contributed by atoms with van der Waals surface area (Å²) >= 11 is 0. The highest BCUT2D eigenvalue weighted by molar-refractivity contribution is 5.39. The maximum atomic E-state index is 6.42. The van der Waals surface area contributed by atoms with Crippen LogP contribution in [0.2, 0.25) is 0 Å². The van der Waals surface area contributed by atoms with Crippen LogP contribution in [-0.2, 0) is 16.0 Å². The molecular formula is C24H33NO3. The van der Waals surface area contributed by atoms with Crippen LogP contribution in [-0.4, -0.2) is 44.9 Å². The van der Waals surface area contributed by atoms with Gasteiger partial charge in [-0.2, -0.15) is 0 Å². The summed E-state index contributed by atoms with van der Waals surface area (Å²) in [6.07, 6.45) is 3.98. The van der Waals surface area contributed by atoms with E-state index in [1.807, 2.05) is 0 Å². The van der Waals surface area contributed by atoms with Crippen molar-refractivity contribution < 1.29 is 14.2 Å². The molecule has 0 unspecified atom stereocenters. The second kappa shape index (κ2) is 7.16. The van der Waals surface area contributed by atoms with E-state index in [2.05, 4.69) is 36.6 Å². The van der Waals surface area contributed by atoms with Gasteiger partial charge in [0.15, 0.2) is 0 Å². The van der Waals surface area contributed by atoms with E-state index in [0.29, 0.717) is 23.2 Å². The van der Waals surface area contributed by atoms with Gasteiger partial charge in [-0.15, -0.1) is 0 Å². The van der Waals surface area contributed by atoms with Crippen LogP contribution in [0.3, 0.4) is 0 Å². The average molecular weight is 384 g/mol. The highest BCUT2D eigenvalue weighted by Crippen LogP contribution is 2.68. The molecule has 4 aliphatic rings. The van der Waals surface area contributed by atoms with E-state index < -0.39 is 0 Å². The molecule has 2 aliphatic heterocycles. The normalized spacial score (nSPS) is 37.9. The molecule has 2 saturated heterocycles. The fourth-order valence-electron chi connectivity index (χ4n) is 6.59. The topological polar surface area (TPSA) is 30.9 Å². The lowest BCUT2D eigenvalue weighted by molar-refractivity contribution is -0.106. The van der Waals surface area contributed by atoms with Crippen molar-refractivity contribution in [2.45, 2.75) is 38.8 Å². The highest BCUT2D eigenvalue weighted by atomic mass is 16.5. The van der Waals surface area contributed by atoms with E-state index in [9.17, 15) is 0 Å². The maximum absolute atomic E-state index is 6.42. The first kappa shape index (κ1) is 18.7. The van der Waals surface area contributed by atoms with Gasteiger partial charge in [-0.3, -0.25) is 4.90 Å². The van der Waals surface area contributed by atoms with Gasteiger partial charge in [-0.05, 0) is 60.1 Å². The van der Waals surface area contributed by atoms with Crippen molar-refractivity contribution in [1.82, 2.24) is 4.90 Å². The maximum Gasteiger partial charge on any atom is 0.123 e. The van der Waals surface area contributed by atoms with Gasteiger partial charge >= 0.3 is 0 Å². The Morgan fingerprint density at radius 2 is 2.07 bits per heavy atom. The van der Waals surface area contributed by atoms with Crippen LogP contribution in [0, 0.1) is 23.2 Å². The fraction of sp³-hybridized carbons (Fsp3) is 0.667. The number of hydrogen-bond donors (Lipinski definition) is 0. The van der Waals surface area contributed by atoms with E-state index >= 15 is 0 Å². The molecule has 1 spiro atoms. The number of fused-ring (bicyclic) bond motifs is 1. The Kier molecular flexibility index (Phi) is 4.77. The van der Waals surface area contributed by atoms with Crippen molar-refractivity contribution in [3.63, 3.8) is 0 Å². The summed E-state index contributed by atoms with van der Waals surface area (Å²) < 4.78 is 17.6. The van der Waals surface area contributed by atoms with Crippen LogP contribution < -0.4 is 4.74 Å². The summed E-state index contributed by atoms with van der Waals surface area (Å²) in [4.78, 5) is 2.46. The first-order valence-corrected chi connectivity index (χ1v) is 10.9. The molecule has 1 aromatic rings. The predicted molar refractivity (Wildman–Crippen MR) is 109 cm³/mol. The molecule has 0 radical (unpaired) electrons. The number of rotatable bonds is 4. The van der Waals surface area contributed by atoms with Crippen LogP contribution in [0.1, 0.15) is 43.4 Å². The smallest absolute Gasteiger partial charge is 0.123 e. The highest BCUT2D eigenvalue weighted by Gasteiger charge is 2.61. The van der Waals surface area contributed by atoms with Gasteiger partial charge < -0.3 is 14.2 Å². The first-order chi connectivity index (χ1) is 13.6. The molecule has 5 rings (SSSR count). The summed E-state index contributed by atoms with van der Waals surface area (Å²) in [5, 5.41) is 0.